The van der Waals surface area contributed by atoms with Crippen LogP contribution in [0.25, 0.3) is 0 Å². The molecular weight excluding hydrogens is 272 g/mol. The van der Waals surface area contributed by atoms with Gasteiger partial charge in [-0.05, 0) is 29.8 Å². The monoisotopic (exact) mass is 286 g/mol. The number of esters is 1. The van der Waals surface area contributed by atoms with E-state index >= 15 is 0 Å². The predicted octanol–water partition coefficient (Wildman–Crippen LogP) is 1.91. The molecule has 0 unspecified atom stereocenters. The molecule has 0 radical (unpaired) electrons. The van der Waals surface area contributed by atoms with E-state index in [4.69, 9.17) is 21.3 Å². The summed E-state index contributed by atoms with van der Waals surface area (Å²) in [5.41, 5.74) is 12.7. The van der Waals surface area contributed by atoms with E-state index in [0.29, 0.717) is 11.3 Å². The molecule has 108 valence electrons. The lowest BCUT2D eigenvalue weighted by Gasteiger charge is -2.08. The van der Waals surface area contributed by atoms with Crippen LogP contribution < -0.4 is 11.5 Å². The number of carbonyl (C=O) groups is 2. The molecule has 0 bridgehead atoms. The largest absolute Gasteiger partial charge is 0.478 e. The van der Waals surface area contributed by atoms with Crippen molar-refractivity contribution in [1.29, 1.82) is 0 Å². The fourth-order valence-electron chi connectivity index (χ4n) is 1.81. The number of para-hydroxylation sites is 1. The first-order chi connectivity index (χ1) is 9.99. The molecule has 0 aromatic heterocycles. The van der Waals surface area contributed by atoms with E-state index in [1.165, 1.54) is 12.1 Å². The number of anilines is 2. The summed E-state index contributed by atoms with van der Waals surface area (Å²) in [7, 11) is 0. The molecule has 6 nitrogen and oxygen atoms in total. The van der Waals surface area contributed by atoms with Crippen molar-refractivity contribution in [3.05, 3.63) is 59.2 Å². The van der Waals surface area contributed by atoms with Crippen LogP contribution >= 0.6 is 0 Å². The molecule has 0 saturated heterocycles. The molecule has 0 aliphatic rings. The van der Waals surface area contributed by atoms with Crippen LogP contribution in [0, 0.1) is 0 Å². The van der Waals surface area contributed by atoms with Crippen molar-refractivity contribution in [3.63, 3.8) is 0 Å². The van der Waals surface area contributed by atoms with Gasteiger partial charge < -0.3 is 21.3 Å². The molecule has 21 heavy (non-hydrogen) atoms. The second kappa shape index (κ2) is 5.96. The Hall–Kier alpha value is -3.02. The minimum Gasteiger partial charge on any atom is -0.478 e. The van der Waals surface area contributed by atoms with Gasteiger partial charge in [0.25, 0.3) is 0 Å². The lowest BCUT2D eigenvalue weighted by molar-refractivity contribution is 0.0473. The predicted molar refractivity (Wildman–Crippen MR) is 77.8 cm³/mol. The number of carbonyl (C=O) groups excluding carboxylic acids is 1. The van der Waals surface area contributed by atoms with Crippen LogP contribution in [0.2, 0.25) is 0 Å². The Kier molecular flexibility index (Phi) is 4.08. The molecule has 0 aliphatic heterocycles. The fraction of sp³-hybridized carbons (Fsp3) is 0.0667. The maximum atomic E-state index is 11.9. The van der Waals surface area contributed by atoms with Crippen molar-refractivity contribution in [2.45, 2.75) is 6.61 Å². The van der Waals surface area contributed by atoms with Gasteiger partial charge in [-0.15, -0.1) is 0 Å². The second-order valence-corrected chi connectivity index (χ2v) is 4.39. The maximum Gasteiger partial charge on any atom is 0.340 e. The number of hydrogen-bond acceptors (Lipinski definition) is 5. The smallest absolute Gasteiger partial charge is 0.340 e. The number of aromatic carboxylic acids is 1. The molecule has 0 spiro atoms. The Morgan fingerprint density at radius 2 is 1.71 bits per heavy atom. The van der Waals surface area contributed by atoms with Crippen molar-refractivity contribution in [2.24, 2.45) is 0 Å². The van der Waals surface area contributed by atoms with Crippen molar-refractivity contribution in [2.75, 3.05) is 11.5 Å². The van der Waals surface area contributed by atoms with Crippen molar-refractivity contribution in [1.82, 2.24) is 0 Å². The highest BCUT2D eigenvalue weighted by molar-refractivity contribution is 5.95. The zero-order chi connectivity index (χ0) is 15.4. The van der Waals surface area contributed by atoms with Crippen LogP contribution in [-0.2, 0) is 11.3 Å². The number of benzene rings is 2. The highest BCUT2D eigenvalue weighted by Crippen LogP contribution is 2.17. The summed E-state index contributed by atoms with van der Waals surface area (Å²) in [6.45, 7) is -0.0166. The molecule has 5 N–H and O–H groups in total. The van der Waals surface area contributed by atoms with Gasteiger partial charge in [0.15, 0.2) is 0 Å². The van der Waals surface area contributed by atoms with E-state index in [-0.39, 0.29) is 23.4 Å². The van der Waals surface area contributed by atoms with Crippen LogP contribution in [-0.4, -0.2) is 17.0 Å². The zero-order valence-corrected chi connectivity index (χ0v) is 11.1. The summed E-state index contributed by atoms with van der Waals surface area (Å²) in [5.74, 6) is -1.65. The van der Waals surface area contributed by atoms with Crippen LogP contribution in [0.5, 0.6) is 0 Å². The summed E-state index contributed by atoms with van der Waals surface area (Å²) in [6.07, 6.45) is 0. The van der Waals surface area contributed by atoms with Crippen LogP contribution in [0.3, 0.4) is 0 Å². The van der Waals surface area contributed by atoms with E-state index in [1.54, 1.807) is 30.3 Å². The van der Waals surface area contributed by atoms with Gasteiger partial charge in [0.05, 0.1) is 11.1 Å². The second-order valence-electron chi connectivity index (χ2n) is 4.39. The first kappa shape index (κ1) is 14.4. The lowest BCUT2D eigenvalue weighted by Crippen LogP contribution is -2.09. The number of hydrogen-bond donors (Lipinski definition) is 3. The Balaban J connectivity index is 2.07. The first-order valence-corrected chi connectivity index (χ1v) is 6.12. The number of rotatable bonds is 4. The van der Waals surface area contributed by atoms with Gasteiger partial charge in [-0.2, -0.15) is 0 Å². The van der Waals surface area contributed by atoms with E-state index in [2.05, 4.69) is 0 Å². The normalized spacial score (nSPS) is 10.1. The number of carboxylic acids is 1. The van der Waals surface area contributed by atoms with E-state index < -0.39 is 11.9 Å². The van der Waals surface area contributed by atoms with Crippen molar-refractivity contribution in [3.8, 4) is 0 Å². The maximum absolute atomic E-state index is 11.9. The molecule has 2 aromatic rings. The summed E-state index contributed by atoms with van der Waals surface area (Å²) >= 11 is 0. The Morgan fingerprint density at radius 3 is 2.33 bits per heavy atom. The van der Waals surface area contributed by atoms with Gasteiger partial charge in [-0.1, -0.05) is 18.2 Å². The highest BCUT2D eigenvalue weighted by Gasteiger charge is 2.12. The quantitative estimate of drug-likeness (QED) is 0.584. The first-order valence-electron chi connectivity index (χ1n) is 6.12. The van der Waals surface area contributed by atoms with Crippen LogP contribution in [0.1, 0.15) is 26.3 Å². The summed E-state index contributed by atoms with van der Waals surface area (Å²) in [6, 6.07) is 11.0. The van der Waals surface area contributed by atoms with E-state index in [1.807, 2.05) is 0 Å². The molecule has 0 heterocycles. The molecule has 0 saturated carbocycles. The van der Waals surface area contributed by atoms with Crippen molar-refractivity contribution >= 4 is 23.3 Å². The van der Waals surface area contributed by atoms with Crippen molar-refractivity contribution < 1.29 is 19.4 Å². The molecule has 2 rings (SSSR count). The molecular formula is C15H14N2O4. The van der Waals surface area contributed by atoms with Gasteiger partial charge in [0.2, 0.25) is 0 Å². The molecule has 0 aliphatic carbocycles. The van der Waals surface area contributed by atoms with Gasteiger partial charge in [-0.25, -0.2) is 9.59 Å². The zero-order valence-electron chi connectivity index (χ0n) is 11.1. The molecule has 2 aromatic carbocycles. The van der Waals surface area contributed by atoms with Gasteiger partial charge in [-0.3, -0.25) is 0 Å². The minimum atomic E-state index is -1.10. The number of ether oxygens (including phenoxy) is 1. The van der Waals surface area contributed by atoms with Crippen LogP contribution in [0.15, 0.2) is 42.5 Å². The summed E-state index contributed by atoms with van der Waals surface area (Å²) in [5, 5.41) is 8.87. The third-order valence-corrected chi connectivity index (χ3v) is 2.90. The Bertz CT molecular complexity index is 698. The van der Waals surface area contributed by atoms with Gasteiger partial charge in [0, 0.05) is 11.4 Å². The van der Waals surface area contributed by atoms with E-state index in [0.717, 1.165) is 0 Å². The summed E-state index contributed by atoms with van der Waals surface area (Å²) < 4.78 is 5.13. The van der Waals surface area contributed by atoms with E-state index in [9.17, 15) is 9.59 Å². The topological polar surface area (TPSA) is 116 Å². The molecule has 0 fully saturated rings. The Morgan fingerprint density at radius 1 is 1.00 bits per heavy atom. The Labute approximate surface area is 120 Å². The van der Waals surface area contributed by atoms with Gasteiger partial charge >= 0.3 is 11.9 Å². The third-order valence-electron chi connectivity index (χ3n) is 2.90. The fourth-order valence-corrected chi connectivity index (χ4v) is 1.81. The number of nitrogens with two attached hydrogens (primary N) is 2. The minimum absolute atomic E-state index is 0.0115. The molecule has 0 atom stereocenters. The molecule has 6 heteroatoms. The average Bonchev–Trinajstić information content (AvgIpc) is 2.45. The van der Waals surface area contributed by atoms with Crippen LogP contribution in [0.4, 0.5) is 11.4 Å². The van der Waals surface area contributed by atoms with Gasteiger partial charge in [0.1, 0.15) is 6.61 Å². The standard InChI is InChI=1S/C15H14N2O4/c16-12-4-2-1-3-11(12)15(20)21-8-9-5-6-10(14(18)19)13(17)7-9/h1-7H,8,16-17H2,(H,18,19). The highest BCUT2D eigenvalue weighted by atomic mass is 16.5. The SMILES string of the molecule is Nc1cc(COC(=O)c2ccccc2N)ccc1C(=O)O. The summed E-state index contributed by atoms with van der Waals surface area (Å²) in [4.78, 5) is 22.7. The number of nitrogen functional groups attached to an aromatic ring is 2. The lowest BCUT2D eigenvalue weighted by atomic mass is 10.1. The third kappa shape index (κ3) is 3.30. The number of carboxylic acid groups (broad SMARTS) is 1. The average molecular weight is 286 g/mol. The molecule has 0 amide bonds.